The summed E-state index contributed by atoms with van der Waals surface area (Å²) in [7, 11) is 0. The second-order valence-electron chi connectivity index (χ2n) is 12.1. The molecule has 32 heavy (non-hydrogen) atoms. The maximum absolute atomic E-state index is 4.67. The lowest BCUT2D eigenvalue weighted by Crippen LogP contribution is -2.60. The van der Waals surface area contributed by atoms with Gasteiger partial charge in [0.05, 0.1) is 0 Å². The number of aromatic nitrogens is 2. The van der Waals surface area contributed by atoms with Crippen molar-refractivity contribution in [1.29, 1.82) is 0 Å². The standard InChI is InChI=1S/C26H42N6/c1-23(2)15-11-17-31(25(23,5)6)29-21-19-13-9-10-14-20(19)22(28-27-21)30-32-18-12-16-24(3,4)26(32,7)8/h9-10,13-14H,11-12,15-18H2,1-8H3,(H,27,29)(H,28,30). The number of nitrogens with one attached hydrogen (secondary N) is 2. The van der Waals surface area contributed by atoms with Gasteiger partial charge in [-0.1, -0.05) is 52.0 Å². The van der Waals surface area contributed by atoms with Crippen LogP contribution in [0.15, 0.2) is 24.3 Å². The lowest BCUT2D eigenvalue weighted by Gasteiger charge is -2.53. The molecule has 0 unspecified atom stereocenters. The predicted octanol–water partition coefficient (Wildman–Crippen LogP) is 6.08. The van der Waals surface area contributed by atoms with E-state index in [0.717, 1.165) is 35.5 Å². The van der Waals surface area contributed by atoms with Crippen LogP contribution in [-0.4, -0.2) is 44.4 Å². The molecule has 3 heterocycles. The number of nitrogens with zero attached hydrogens (tertiary/aromatic N) is 4. The third kappa shape index (κ3) is 3.75. The van der Waals surface area contributed by atoms with Gasteiger partial charge in [-0.05, 0) is 64.2 Å². The Kier molecular flexibility index (Phi) is 5.70. The second-order valence-corrected chi connectivity index (χ2v) is 12.1. The van der Waals surface area contributed by atoms with Gasteiger partial charge in [0.15, 0.2) is 11.6 Å². The Morgan fingerprint density at radius 3 is 1.41 bits per heavy atom. The van der Waals surface area contributed by atoms with Gasteiger partial charge in [-0.15, -0.1) is 10.2 Å². The first-order valence-corrected chi connectivity index (χ1v) is 12.2. The Bertz CT molecular complexity index is 899. The molecule has 2 aromatic rings. The predicted molar refractivity (Wildman–Crippen MR) is 134 cm³/mol. The number of hydrazine groups is 2. The molecule has 1 aromatic carbocycles. The third-order valence-electron chi connectivity index (χ3n) is 9.20. The quantitative estimate of drug-likeness (QED) is 0.603. The van der Waals surface area contributed by atoms with Crippen LogP contribution < -0.4 is 10.9 Å². The van der Waals surface area contributed by atoms with Crippen LogP contribution in [-0.2, 0) is 0 Å². The highest BCUT2D eigenvalue weighted by Crippen LogP contribution is 2.45. The van der Waals surface area contributed by atoms with Crippen molar-refractivity contribution in [3.8, 4) is 0 Å². The lowest BCUT2D eigenvalue weighted by atomic mass is 9.69. The van der Waals surface area contributed by atoms with Crippen LogP contribution in [0.25, 0.3) is 10.8 Å². The fraction of sp³-hybridized carbons (Fsp3) is 0.692. The van der Waals surface area contributed by atoms with E-state index in [1.165, 1.54) is 25.7 Å². The molecule has 2 fully saturated rings. The van der Waals surface area contributed by atoms with Crippen LogP contribution in [0.1, 0.15) is 81.1 Å². The van der Waals surface area contributed by atoms with Crippen LogP contribution in [0.4, 0.5) is 11.6 Å². The minimum atomic E-state index is 0.00830. The van der Waals surface area contributed by atoms with Crippen LogP contribution in [0.5, 0.6) is 0 Å². The Morgan fingerprint density at radius 1 is 0.656 bits per heavy atom. The zero-order valence-electron chi connectivity index (χ0n) is 21.3. The number of hydrogen-bond acceptors (Lipinski definition) is 6. The summed E-state index contributed by atoms with van der Waals surface area (Å²) in [6, 6.07) is 8.45. The van der Waals surface area contributed by atoms with E-state index in [2.05, 4.69) is 111 Å². The fourth-order valence-electron chi connectivity index (χ4n) is 5.18. The molecule has 6 nitrogen and oxygen atoms in total. The maximum Gasteiger partial charge on any atom is 0.171 e. The largest absolute Gasteiger partial charge is 0.301 e. The van der Waals surface area contributed by atoms with Gasteiger partial charge in [-0.25, -0.2) is 10.0 Å². The van der Waals surface area contributed by atoms with Crippen LogP contribution in [0, 0.1) is 10.8 Å². The van der Waals surface area contributed by atoms with E-state index in [-0.39, 0.29) is 21.9 Å². The molecule has 0 bridgehead atoms. The number of rotatable bonds is 4. The summed E-state index contributed by atoms with van der Waals surface area (Å²) in [4.78, 5) is 0. The number of piperidine rings is 2. The lowest BCUT2D eigenvalue weighted by molar-refractivity contribution is -0.0136. The van der Waals surface area contributed by atoms with Gasteiger partial charge in [0, 0.05) is 34.9 Å². The third-order valence-corrected chi connectivity index (χ3v) is 9.20. The molecule has 0 aliphatic carbocycles. The maximum atomic E-state index is 4.67. The van der Waals surface area contributed by atoms with Gasteiger partial charge >= 0.3 is 0 Å². The normalized spacial score (nSPS) is 24.9. The van der Waals surface area contributed by atoms with Crippen LogP contribution in [0.2, 0.25) is 0 Å². The van der Waals surface area contributed by atoms with Crippen molar-refractivity contribution >= 4 is 22.4 Å². The summed E-state index contributed by atoms with van der Waals surface area (Å²) in [5.74, 6) is 1.66. The van der Waals surface area contributed by atoms with Crippen molar-refractivity contribution in [1.82, 2.24) is 20.2 Å². The second kappa shape index (κ2) is 7.84. The highest BCUT2D eigenvalue weighted by molar-refractivity contribution is 5.98. The van der Waals surface area contributed by atoms with Crippen molar-refractivity contribution in [2.24, 2.45) is 10.8 Å². The van der Waals surface area contributed by atoms with E-state index in [1.807, 2.05) is 0 Å². The van der Waals surface area contributed by atoms with Crippen molar-refractivity contribution in [3.05, 3.63) is 24.3 Å². The van der Waals surface area contributed by atoms with Gasteiger partial charge in [-0.2, -0.15) is 0 Å². The summed E-state index contributed by atoms with van der Waals surface area (Å²) >= 11 is 0. The summed E-state index contributed by atoms with van der Waals surface area (Å²) in [5.41, 5.74) is 7.75. The summed E-state index contributed by atoms with van der Waals surface area (Å²) in [5, 5.41) is 16.2. The molecule has 176 valence electrons. The highest BCUT2D eigenvalue weighted by atomic mass is 15.6. The Hall–Kier alpha value is -1.92. The molecule has 2 aliphatic heterocycles. The molecule has 6 heteroatoms. The van der Waals surface area contributed by atoms with Gasteiger partial charge in [0.1, 0.15) is 0 Å². The van der Waals surface area contributed by atoms with E-state index in [9.17, 15) is 0 Å². The van der Waals surface area contributed by atoms with Gasteiger partial charge in [0.2, 0.25) is 0 Å². The molecule has 0 amide bonds. The van der Waals surface area contributed by atoms with Crippen molar-refractivity contribution in [2.45, 2.75) is 92.2 Å². The van der Waals surface area contributed by atoms with Crippen molar-refractivity contribution < 1.29 is 0 Å². The average Bonchev–Trinajstić information content (AvgIpc) is 2.71. The van der Waals surface area contributed by atoms with Crippen LogP contribution >= 0.6 is 0 Å². The molecule has 0 radical (unpaired) electrons. The fourth-order valence-corrected chi connectivity index (χ4v) is 5.18. The molecule has 0 atom stereocenters. The Balaban J connectivity index is 1.66. The topological polar surface area (TPSA) is 56.3 Å². The summed E-state index contributed by atoms with van der Waals surface area (Å²) < 4.78 is 0. The smallest absolute Gasteiger partial charge is 0.171 e. The number of fused-ring (bicyclic) bond motifs is 1. The molecular weight excluding hydrogens is 396 g/mol. The monoisotopic (exact) mass is 438 g/mol. The SMILES string of the molecule is CC1(C)CCCN(Nc2nnc(NN3CCCC(C)(C)C3(C)C)c3ccccc23)C1(C)C. The minimum absolute atomic E-state index is 0.00830. The van der Waals surface area contributed by atoms with Crippen LogP contribution in [0.3, 0.4) is 0 Å². The van der Waals surface area contributed by atoms with E-state index in [4.69, 9.17) is 0 Å². The zero-order valence-corrected chi connectivity index (χ0v) is 21.3. The highest BCUT2D eigenvalue weighted by Gasteiger charge is 2.46. The van der Waals surface area contributed by atoms with Gasteiger partial charge in [-0.3, -0.25) is 0 Å². The minimum Gasteiger partial charge on any atom is -0.301 e. The average molecular weight is 439 g/mol. The number of hydrogen-bond donors (Lipinski definition) is 2. The molecule has 0 saturated carbocycles. The molecule has 2 aliphatic rings. The number of anilines is 2. The number of benzene rings is 1. The first kappa shape index (κ1) is 23.2. The van der Waals surface area contributed by atoms with Crippen molar-refractivity contribution in [2.75, 3.05) is 23.9 Å². The van der Waals surface area contributed by atoms with E-state index < -0.39 is 0 Å². The van der Waals surface area contributed by atoms with Gasteiger partial charge < -0.3 is 10.9 Å². The summed E-state index contributed by atoms with van der Waals surface area (Å²) in [6.07, 6.45) is 4.81. The van der Waals surface area contributed by atoms with E-state index >= 15 is 0 Å². The van der Waals surface area contributed by atoms with E-state index in [0.29, 0.717) is 0 Å². The van der Waals surface area contributed by atoms with Crippen molar-refractivity contribution in [3.63, 3.8) is 0 Å². The molecule has 4 rings (SSSR count). The molecular formula is C26H42N6. The Morgan fingerprint density at radius 2 is 1.03 bits per heavy atom. The van der Waals surface area contributed by atoms with E-state index in [1.54, 1.807) is 0 Å². The molecule has 1 aromatic heterocycles. The van der Waals surface area contributed by atoms with Gasteiger partial charge in [0.25, 0.3) is 0 Å². The first-order chi connectivity index (χ1) is 14.9. The summed E-state index contributed by atoms with van der Waals surface area (Å²) in [6.45, 7) is 20.7. The zero-order chi connectivity index (χ0) is 23.4. The Labute approximate surface area is 194 Å². The molecule has 2 N–H and O–H groups in total. The molecule has 0 spiro atoms. The molecule has 2 saturated heterocycles. The first-order valence-electron chi connectivity index (χ1n) is 12.2.